The molecule has 0 aliphatic carbocycles. The van der Waals surface area contributed by atoms with E-state index in [-0.39, 0.29) is 11.9 Å². The van der Waals surface area contributed by atoms with Crippen LogP contribution in [0.2, 0.25) is 0 Å². The van der Waals surface area contributed by atoms with Crippen LogP contribution in [0, 0.1) is 0 Å². The van der Waals surface area contributed by atoms with Gasteiger partial charge in [0, 0.05) is 23.9 Å². The van der Waals surface area contributed by atoms with Crippen molar-refractivity contribution in [2.45, 2.75) is 26.9 Å². The van der Waals surface area contributed by atoms with Crippen LogP contribution in [-0.2, 0) is 13.1 Å². The molecule has 1 aliphatic heterocycles. The maximum Gasteiger partial charge on any atom is 0.254 e. The van der Waals surface area contributed by atoms with Crippen LogP contribution in [0.4, 0.5) is 5.95 Å². The number of fused-ring (bicyclic) bond motifs is 1. The van der Waals surface area contributed by atoms with Gasteiger partial charge in [-0.15, -0.1) is 0 Å². The van der Waals surface area contributed by atoms with Gasteiger partial charge in [-0.25, -0.2) is 9.97 Å². The van der Waals surface area contributed by atoms with Gasteiger partial charge in [-0.1, -0.05) is 0 Å². The van der Waals surface area contributed by atoms with Crippen molar-refractivity contribution in [2.24, 2.45) is 0 Å². The van der Waals surface area contributed by atoms with E-state index in [9.17, 15) is 4.79 Å². The van der Waals surface area contributed by atoms with Crippen LogP contribution >= 0.6 is 0 Å². The summed E-state index contributed by atoms with van der Waals surface area (Å²) >= 11 is 0. The minimum Gasteiger partial charge on any atom is -0.490 e. The Bertz CT molecular complexity index is 763. The molecule has 7 heteroatoms. The molecule has 24 heavy (non-hydrogen) atoms. The number of nitrogens with zero attached hydrogens (tertiary/aromatic N) is 3. The Kier molecular flexibility index (Phi) is 4.50. The molecule has 1 aliphatic rings. The second kappa shape index (κ2) is 6.74. The zero-order valence-electron chi connectivity index (χ0n) is 13.8. The van der Waals surface area contributed by atoms with Crippen LogP contribution in [0.15, 0.2) is 24.4 Å². The lowest BCUT2D eigenvalue weighted by molar-refractivity contribution is 0.0750. The van der Waals surface area contributed by atoms with Gasteiger partial charge in [0.15, 0.2) is 11.5 Å². The van der Waals surface area contributed by atoms with E-state index in [1.807, 2.05) is 13.8 Å². The molecule has 126 valence electrons. The second-order valence-electron chi connectivity index (χ2n) is 5.39. The highest BCUT2D eigenvalue weighted by molar-refractivity contribution is 5.95. The molecule has 0 radical (unpaired) electrons. The number of nitrogens with two attached hydrogens (primary N) is 1. The minimum absolute atomic E-state index is 0.0874. The SMILES string of the molecule is CCOc1ccc(C(=O)N2Cc3cnc(N)nc3C2)cc1OCC. The molecule has 0 unspecified atom stereocenters. The summed E-state index contributed by atoms with van der Waals surface area (Å²) in [7, 11) is 0. The zero-order chi connectivity index (χ0) is 17.1. The highest BCUT2D eigenvalue weighted by Crippen LogP contribution is 2.30. The molecule has 0 spiro atoms. The summed E-state index contributed by atoms with van der Waals surface area (Å²) in [5, 5.41) is 0. The molecule has 2 heterocycles. The molecule has 0 atom stereocenters. The van der Waals surface area contributed by atoms with Crippen molar-refractivity contribution in [2.75, 3.05) is 18.9 Å². The lowest BCUT2D eigenvalue weighted by atomic mass is 10.1. The molecular weight excluding hydrogens is 308 g/mol. The number of amides is 1. The maximum absolute atomic E-state index is 12.8. The smallest absolute Gasteiger partial charge is 0.254 e. The Morgan fingerprint density at radius 2 is 1.96 bits per heavy atom. The molecule has 2 aromatic rings. The Morgan fingerprint density at radius 1 is 1.21 bits per heavy atom. The van der Waals surface area contributed by atoms with Crippen LogP contribution in [0.25, 0.3) is 0 Å². The topological polar surface area (TPSA) is 90.6 Å². The fourth-order valence-corrected chi connectivity index (χ4v) is 2.68. The highest BCUT2D eigenvalue weighted by atomic mass is 16.5. The maximum atomic E-state index is 12.8. The molecular formula is C17H20N4O3. The lowest BCUT2D eigenvalue weighted by Gasteiger charge is -2.17. The van der Waals surface area contributed by atoms with Gasteiger partial charge in [0.2, 0.25) is 5.95 Å². The van der Waals surface area contributed by atoms with Crippen LogP contribution in [0.1, 0.15) is 35.5 Å². The van der Waals surface area contributed by atoms with E-state index in [4.69, 9.17) is 15.2 Å². The van der Waals surface area contributed by atoms with E-state index in [1.54, 1.807) is 29.3 Å². The van der Waals surface area contributed by atoms with Gasteiger partial charge < -0.3 is 20.1 Å². The number of hydrogen-bond acceptors (Lipinski definition) is 6. The molecule has 7 nitrogen and oxygen atoms in total. The van der Waals surface area contributed by atoms with Crippen molar-refractivity contribution in [1.82, 2.24) is 14.9 Å². The van der Waals surface area contributed by atoms with Crippen LogP contribution in [0.3, 0.4) is 0 Å². The van der Waals surface area contributed by atoms with E-state index in [0.29, 0.717) is 43.4 Å². The molecule has 0 saturated carbocycles. The average Bonchev–Trinajstić information content (AvgIpc) is 2.99. The van der Waals surface area contributed by atoms with Gasteiger partial charge in [-0.05, 0) is 32.0 Å². The molecule has 0 fully saturated rings. The highest BCUT2D eigenvalue weighted by Gasteiger charge is 2.26. The number of ether oxygens (including phenoxy) is 2. The third-order valence-corrected chi connectivity index (χ3v) is 3.75. The summed E-state index contributed by atoms with van der Waals surface area (Å²) in [6.07, 6.45) is 1.68. The van der Waals surface area contributed by atoms with E-state index >= 15 is 0 Å². The van der Waals surface area contributed by atoms with Gasteiger partial charge in [0.1, 0.15) is 0 Å². The first kappa shape index (κ1) is 16.0. The molecule has 0 bridgehead atoms. The quantitative estimate of drug-likeness (QED) is 0.903. The third-order valence-electron chi connectivity index (χ3n) is 3.75. The van der Waals surface area contributed by atoms with Crippen molar-refractivity contribution in [3.63, 3.8) is 0 Å². The Labute approximate surface area is 140 Å². The van der Waals surface area contributed by atoms with Gasteiger partial charge in [-0.2, -0.15) is 0 Å². The number of benzene rings is 1. The zero-order valence-corrected chi connectivity index (χ0v) is 13.8. The van der Waals surface area contributed by atoms with Crippen LogP contribution < -0.4 is 15.2 Å². The number of aromatic nitrogens is 2. The molecule has 1 aromatic heterocycles. The Hall–Kier alpha value is -2.83. The van der Waals surface area contributed by atoms with Crippen molar-refractivity contribution in [1.29, 1.82) is 0 Å². The summed E-state index contributed by atoms with van der Waals surface area (Å²) in [4.78, 5) is 22.7. The van der Waals surface area contributed by atoms with Crippen molar-refractivity contribution >= 4 is 11.9 Å². The summed E-state index contributed by atoms with van der Waals surface area (Å²) in [6.45, 7) is 5.74. The standard InChI is InChI=1S/C17H20N4O3/c1-3-23-14-6-5-11(7-15(14)24-4-2)16(22)21-9-12-8-19-17(18)20-13(12)10-21/h5-8H,3-4,9-10H2,1-2H3,(H2,18,19,20). The monoisotopic (exact) mass is 328 g/mol. The predicted molar refractivity (Wildman–Crippen MR) is 88.8 cm³/mol. The number of rotatable bonds is 5. The molecule has 0 saturated heterocycles. The first-order valence-corrected chi connectivity index (χ1v) is 7.91. The first-order valence-electron chi connectivity index (χ1n) is 7.91. The predicted octanol–water partition coefficient (Wildman–Crippen LogP) is 2.01. The van der Waals surface area contributed by atoms with Crippen molar-refractivity contribution in [3.05, 3.63) is 41.2 Å². The number of nitrogen functional groups attached to an aromatic ring is 1. The van der Waals surface area contributed by atoms with Crippen LogP contribution in [0.5, 0.6) is 11.5 Å². The van der Waals surface area contributed by atoms with E-state index in [0.717, 1.165) is 11.3 Å². The lowest BCUT2D eigenvalue weighted by Crippen LogP contribution is -2.25. The number of anilines is 1. The molecule has 1 aromatic carbocycles. The average molecular weight is 328 g/mol. The summed E-state index contributed by atoms with van der Waals surface area (Å²) in [5.41, 5.74) is 7.88. The largest absolute Gasteiger partial charge is 0.490 e. The molecule has 1 amide bonds. The Balaban J connectivity index is 1.82. The van der Waals surface area contributed by atoms with Crippen molar-refractivity contribution < 1.29 is 14.3 Å². The molecule has 2 N–H and O–H groups in total. The number of carbonyl (C=O) groups excluding carboxylic acids is 1. The second-order valence-corrected chi connectivity index (χ2v) is 5.39. The Morgan fingerprint density at radius 3 is 2.71 bits per heavy atom. The van der Waals surface area contributed by atoms with Gasteiger partial charge >= 0.3 is 0 Å². The van der Waals surface area contributed by atoms with Crippen molar-refractivity contribution in [3.8, 4) is 11.5 Å². The fourth-order valence-electron chi connectivity index (χ4n) is 2.68. The number of carbonyl (C=O) groups is 1. The van der Waals surface area contributed by atoms with Gasteiger partial charge in [0.05, 0.1) is 25.5 Å². The van der Waals surface area contributed by atoms with Gasteiger partial charge in [0.25, 0.3) is 5.91 Å². The minimum atomic E-state index is -0.0874. The first-order chi connectivity index (χ1) is 11.6. The van der Waals surface area contributed by atoms with Gasteiger partial charge in [-0.3, -0.25) is 4.79 Å². The van der Waals surface area contributed by atoms with Crippen LogP contribution in [-0.4, -0.2) is 34.0 Å². The third kappa shape index (κ3) is 3.10. The van der Waals surface area contributed by atoms with E-state index in [2.05, 4.69) is 9.97 Å². The summed E-state index contributed by atoms with van der Waals surface area (Å²) < 4.78 is 11.1. The summed E-state index contributed by atoms with van der Waals surface area (Å²) in [5.74, 6) is 1.35. The summed E-state index contributed by atoms with van der Waals surface area (Å²) in [6, 6.07) is 5.24. The normalized spacial score (nSPS) is 12.8. The van der Waals surface area contributed by atoms with E-state index in [1.165, 1.54) is 0 Å². The number of hydrogen-bond donors (Lipinski definition) is 1. The fraction of sp³-hybridized carbons (Fsp3) is 0.353. The van der Waals surface area contributed by atoms with E-state index < -0.39 is 0 Å². The molecule has 3 rings (SSSR count).